The largest absolute Gasteiger partial charge is 0.493 e. The summed E-state index contributed by atoms with van der Waals surface area (Å²) >= 11 is 0. The molecular weight excluding hydrogens is 342 g/mol. The van der Waals surface area contributed by atoms with Crippen molar-refractivity contribution in [3.05, 3.63) is 59.2 Å². The Morgan fingerprint density at radius 3 is 1.85 bits per heavy atom. The Bertz CT molecular complexity index is 878. The first kappa shape index (κ1) is 19.9. The Morgan fingerprint density at radius 2 is 1.33 bits per heavy atom. The summed E-state index contributed by atoms with van der Waals surface area (Å²) in [5.74, 6) is 2.63. The zero-order chi connectivity index (χ0) is 19.6. The molecule has 0 saturated heterocycles. The highest BCUT2D eigenvalue weighted by molar-refractivity contribution is 5.62. The van der Waals surface area contributed by atoms with Gasteiger partial charge >= 0.3 is 0 Å². The molecule has 0 spiro atoms. The summed E-state index contributed by atoms with van der Waals surface area (Å²) in [6, 6.07) is 13.5. The van der Waals surface area contributed by atoms with Crippen LogP contribution >= 0.6 is 0 Å². The number of rotatable bonds is 8. The fourth-order valence-electron chi connectivity index (χ4n) is 2.56. The Labute approximate surface area is 160 Å². The molecule has 5 heteroatoms. The fraction of sp³-hybridized carbons (Fsp3) is 0.227. The van der Waals surface area contributed by atoms with Gasteiger partial charge in [-0.3, -0.25) is 0 Å². The van der Waals surface area contributed by atoms with E-state index in [-0.39, 0.29) is 0 Å². The quantitative estimate of drug-likeness (QED) is 0.633. The number of hydrogen-bond acceptors (Lipinski definition) is 5. The molecule has 0 saturated carbocycles. The summed E-state index contributed by atoms with van der Waals surface area (Å²) in [6.45, 7) is 0. The minimum absolute atomic E-state index is 0.513. The average molecular weight is 365 g/mol. The molecule has 140 valence electrons. The second-order valence-electron chi connectivity index (χ2n) is 5.62. The van der Waals surface area contributed by atoms with Crippen LogP contribution in [0.1, 0.15) is 17.5 Å². The van der Waals surface area contributed by atoms with E-state index in [0.717, 1.165) is 11.1 Å². The van der Waals surface area contributed by atoms with Gasteiger partial charge in [0, 0.05) is 12.0 Å². The molecule has 0 N–H and O–H groups in total. The van der Waals surface area contributed by atoms with Gasteiger partial charge in [-0.15, -0.1) is 0 Å². The summed E-state index contributed by atoms with van der Waals surface area (Å²) in [4.78, 5) is 0. The third kappa shape index (κ3) is 5.29. The van der Waals surface area contributed by atoms with E-state index in [1.807, 2.05) is 54.6 Å². The molecule has 0 aliphatic heterocycles. The number of methoxy groups -OCH3 is 4. The summed E-state index contributed by atoms with van der Waals surface area (Å²) in [6.07, 6.45) is 6.24. The molecule has 0 amide bonds. The van der Waals surface area contributed by atoms with Crippen LogP contribution in [-0.2, 0) is 0 Å². The van der Waals surface area contributed by atoms with E-state index < -0.39 is 0 Å². The van der Waals surface area contributed by atoms with Crippen molar-refractivity contribution in [2.75, 3.05) is 28.4 Å². The number of benzene rings is 2. The standard InChI is InChI=1S/C22H23NO4/c1-24-19-10-8-16(13-21(19)26-3)6-5-7-18(15-23)12-17-9-11-20(25-2)22(14-17)27-4/h5-6,8-14H,7H2,1-4H3/b6-5+,18-12+. The van der Waals surface area contributed by atoms with Crippen molar-refractivity contribution in [1.29, 1.82) is 5.26 Å². The van der Waals surface area contributed by atoms with Crippen molar-refractivity contribution in [3.63, 3.8) is 0 Å². The van der Waals surface area contributed by atoms with Crippen LogP contribution in [0.5, 0.6) is 23.0 Å². The van der Waals surface area contributed by atoms with Gasteiger partial charge in [-0.2, -0.15) is 5.26 Å². The number of hydrogen-bond donors (Lipinski definition) is 0. The first-order valence-electron chi connectivity index (χ1n) is 8.36. The van der Waals surface area contributed by atoms with Crippen LogP contribution in [0.4, 0.5) is 0 Å². The number of ether oxygens (including phenoxy) is 4. The van der Waals surface area contributed by atoms with E-state index >= 15 is 0 Å². The predicted octanol–water partition coefficient (Wildman–Crippen LogP) is 4.73. The maximum Gasteiger partial charge on any atom is 0.161 e. The lowest BCUT2D eigenvalue weighted by Gasteiger charge is -2.08. The van der Waals surface area contributed by atoms with Crippen molar-refractivity contribution < 1.29 is 18.9 Å². The van der Waals surface area contributed by atoms with Crippen molar-refractivity contribution in [2.45, 2.75) is 6.42 Å². The van der Waals surface area contributed by atoms with E-state index in [1.165, 1.54) is 0 Å². The van der Waals surface area contributed by atoms with Crippen LogP contribution in [-0.4, -0.2) is 28.4 Å². The molecule has 5 nitrogen and oxygen atoms in total. The maximum absolute atomic E-state index is 9.42. The lowest BCUT2D eigenvalue weighted by atomic mass is 10.1. The van der Waals surface area contributed by atoms with E-state index in [0.29, 0.717) is 35.0 Å². The third-order valence-electron chi connectivity index (χ3n) is 3.95. The van der Waals surface area contributed by atoms with Gasteiger partial charge in [0.1, 0.15) is 0 Å². The van der Waals surface area contributed by atoms with Crippen molar-refractivity contribution >= 4 is 12.2 Å². The zero-order valence-electron chi connectivity index (χ0n) is 16.0. The molecule has 0 fully saturated rings. The summed E-state index contributed by atoms with van der Waals surface area (Å²) in [7, 11) is 6.38. The van der Waals surface area contributed by atoms with Gasteiger partial charge in [0.2, 0.25) is 0 Å². The Morgan fingerprint density at radius 1 is 0.815 bits per heavy atom. The van der Waals surface area contributed by atoms with Crippen LogP contribution in [0.3, 0.4) is 0 Å². The van der Waals surface area contributed by atoms with Gasteiger partial charge in [-0.05, 0) is 41.5 Å². The van der Waals surface area contributed by atoms with E-state index in [4.69, 9.17) is 18.9 Å². The smallest absolute Gasteiger partial charge is 0.161 e. The number of nitriles is 1. The van der Waals surface area contributed by atoms with Crippen LogP contribution in [0.2, 0.25) is 0 Å². The van der Waals surface area contributed by atoms with E-state index in [1.54, 1.807) is 28.4 Å². The number of allylic oxidation sites excluding steroid dienone is 2. The SMILES string of the molecule is COc1ccc(/C=C/C/C(C#N)=C\c2ccc(OC)c(OC)c2)cc1OC. The summed E-state index contributed by atoms with van der Waals surface area (Å²) < 4.78 is 21.1. The van der Waals surface area contributed by atoms with Crippen LogP contribution < -0.4 is 18.9 Å². The molecule has 2 aromatic rings. The van der Waals surface area contributed by atoms with Crippen LogP contribution in [0.25, 0.3) is 12.2 Å². The second-order valence-corrected chi connectivity index (χ2v) is 5.62. The normalized spacial score (nSPS) is 11.1. The molecule has 0 aliphatic rings. The summed E-state index contributed by atoms with van der Waals surface area (Å²) in [5.41, 5.74) is 2.48. The minimum Gasteiger partial charge on any atom is -0.493 e. The van der Waals surface area contributed by atoms with Crippen molar-refractivity contribution in [1.82, 2.24) is 0 Å². The third-order valence-corrected chi connectivity index (χ3v) is 3.95. The Balaban J connectivity index is 2.14. The maximum atomic E-state index is 9.42. The fourth-order valence-corrected chi connectivity index (χ4v) is 2.56. The van der Waals surface area contributed by atoms with Gasteiger partial charge in [-0.25, -0.2) is 0 Å². The van der Waals surface area contributed by atoms with Gasteiger partial charge in [-0.1, -0.05) is 24.3 Å². The van der Waals surface area contributed by atoms with Gasteiger partial charge in [0.15, 0.2) is 23.0 Å². The Kier molecular flexibility index (Phi) is 7.33. The molecule has 0 atom stereocenters. The van der Waals surface area contributed by atoms with Crippen LogP contribution in [0.15, 0.2) is 48.0 Å². The monoisotopic (exact) mass is 365 g/mol. The molecule has 2 aromatic carbocycles. The van der Waals surface area contributed by atoms with E-state index in [9.17, 15) is 5.26 Å². The molecule has 0 bridgehead atoms. The summed E-state index contributed by atoms with van der Waals surface area (Å²) in [5, 5.41) is 9.42. The highest BCUT2D eigenvalue weighted by atomic mass is 16.5. The molecule has 27 heavy (non-hydrogen) atoms. The average Bonchev–Trinajstić information content (AvgIpc) is 2.72. The molecule has 0 heterocycles. The topological polar surface area (TPSA) is 60.7 Å². The predicted molar refractivity (Wildman–Crippen MR) is 106 cm³/mol. The van der Waals surface area contributed by atoms with Crippen molar-refractivity contribution in [2.24, 2.45) is 0 Å². The first-order valence-corrected chi connectivity index (χ1v) is 8.36. The second kappa shape index (κ2) is 9.93. The molecule has 0 radical (unpaired) electrons. The molecule has 2 rings (SSSR count). The van der Waals surface area contributed by atoms with Crippen molar-refractivity contribution in [3.8, 4) is 29.1 Å². The highest BCUT2D eigenvalue weighted by Crippen LogP contribution is 2.29. The van der Waals surface area contributed by atoms with Gasteiger partial charge in [0.25, 0.3) is 0 Å². The molecule has 0 aliphatic carbocycles. The Hall–Kier alpha value is -3.39. The first-order chi connectivity index (χ1) is 13.1. The van der Waals surface area contributed by atoms with E-state index in [2.05, 4.69) is 6.07 Å². The molecule has 0 aromatic heterocycles. The zero-order valence-corrected chi connectivity index (χ0v) is 16.0. The van der Waals surface area contributed by atoms with Crippen LogP contribution in [0, 0.1) is 11.3 Å². The minimum atomic E-state index is 0.513. The van der Waals surface area contributed by atoms with Gasteiger partial charge < -0.3 is 18.9 Å². The lowest BCUT2D eigenvalue weighted by Crippen LogP contribution is -1.91. The van der Waals surface area contributed by atoms with Gasteiger partial charge in [0.05, 0.1) is 34.5 Å². The number of nitrogens with zero attached hydrogens (tertiary/aromatic N) is 1. The molecular formula is C22H23NO4. The lowest BCUT2D eigenvalue weighted by molar-refractivity contribution is 0.355. The molecule has 0 unspecified atom stereocenters. The highest BCUT2D eigenvalue weighted by Gasteiger charge is 2.05.